The number of anilines is 1. The van der Waals surface area contributed by atoms with Gasteiger partial charge in [-0.2, -0.15) is 0 Å². The lowest BCUT2D eigenvalue weighted by Gasteiger charge is -2.26. The van der Waals surface area contributed by atoms with Crippen LogP contribution < -0.4 is 5.32 Å². The number of imidazole rings is 1. The fourth-order valence-electron chi connectivity index (χ4n) is 3.91. The first kappa shape index (κ1) is 20.1. The van der Waals surface area contributed by atoms with E-state index in [1.165, 1.54) is 0 Å². The summed E-state index contributed by atoms with van der Waals surface area (Å²) in [5.74, 6) is -0.0316. The third-order valence-corrected chi connectivity index (χ3v) is 7.49. The van der Waals surface area contributed by atoms with E-state index in [1.54, 1.807) is 6.20 Å². The maximum absolute atomic E-state index is 13.1. The molecule has 1 aromatic carbocycles. The number of amides is 1. The van der Waals surface area contributed by atoms with Crippen LogP contribution in [0.3, 0.4) is 0 Å². The molecule has 7 nitrogen and oxygen atoms in total. The van der Waals surface area contributed by atoms with Crippen molar-refractivity contribution < 1.29 is 17.6 Å². The lowest BCUT2D eigenvalue weighted by atomic mass is 10.1. The Hall–Kier alpha value is -2.78. The van der Waals surface area contributed by atoms with Crippen molar-refractivity contribution in [3.63, 3.8) is 0 Å². The van der Waals surface area contributed by atoms with E-state index in [2.05, 4.69) is 15.2 Å². The van der Waals surface area contributed by atoms with Crippen molar-refractivity contribution in [2.75, 3.05) is 29.9 Å². The molecule has 1 saturated heterocycles. The third kappa shape index (κ3) is 4.33. The van der Waals surface area contributed by atoms with Crippen LogP contribution in [0, 0.1) is 5.92 Å². The summed E-state index contributed by atoms with van der Waals surface area (Å²) in [6, 6.07) is 13.9. The summed E-state index contributed by atoms with van der Waals surface area (Å²) >= 11 is 0. The monoisotopic (exact) mass is 442 g/mol. The molecule has 31 heavy (non-hydrogen) atoms. The van der Waals surface area contributed by atoms with Crippen LogP contribution in [-0.2, 0) is 21.2 Å². The topological polar surface area (TPSA) is 83.8 Å². The van der Waals surface area contributed by atoms with Gasteiger partial charge in [0, 0.05) is 19.6 Å². The molecule has 1 aliphatic heterocycles. The zero-order chi connectivity index (χ0) is 21.6. The number of hydrogen-bond acceptors (Lipinski definition) is 5. The number of pyridine rings is 1. The second kappa shape index (κ2) is 7.72. The Morgan fingerprint density at radius 1 is 1.13 bits per heavy atom. The number of rotatable bonds is 5. The molecule has 5 rings (SSSR count). The largest absolute Gasteiger partial charge is 0.309 e. The first-order chi connectivity index (χ1) is 14.9. The maximum Gasteiger partial charge on any atom is 0.231 e. The predicted molar refractivity (Wildman–Crippen MR) is 116 cm³/mol. The van der Waals surface area contributed by atoms with Crippen molar-refractivity contribution in [2.45, 2.75) is 19.1 Å². The molecule has 0 bridgehead atoms. The minimum atomic E-state index is -2.88. The molecule has 1 amide bonds. The molecule has 2 aliphatic rings. The Morgan fingerprint density at radius 2 is 1.84 bits per heavy atom. The molecular weight excluding hydrogens is 419 g/mol. The summed E-state index contributed by atoms with van der Waals surface area (Å²) in [4.78, 5) is 18.6. The minimum Gasteiger partial charge on any atom is -0.309 e. The highest BCUT2D eigenvalue weighted by atomic mass is 32.2. The number of sulfone groups is 1. The Kier molecular flexibility index (Phi) is 5.02. The van der Waals surface area contributed by atoms with Crippen LogP contribution in [0.1, 0.15) is 12.0 Å². The van der Waals surface area contributed by atoms with Crippen LogP contribution in [0.2, 0.25) is 0 Å². The SMILES string of the molecule is O=C(Nc1cn2c(-c3ccc(CN4CCS(=O)(=O)CC4)cc3)cccc2n1)C1C[C@@H]1F. The van der Waals surface area contributed by atoms with Gasteiger partial charge in [-0.3, -0.25) is 14.1 Å². The number of hydrogen-bond donors (Lipinski definition) is 1. The first-order valence-corrected chi connectivity index (χ1v) is 12.2. The van der Waals surface area contributed by atoms with Crippen LogP contribution in [-0.4, -0.2) is 59.4 Å². The summed E-state index contributed by atoms with van der Waals surface area (Å²) in [5.41, 5.74) is 3.74. The molecular formula is C22H23FN4O3S. The molecule has 2 aromatic heterocycles. The first-order valence-electron chi connectivity index (χ1n) is 10.3. The van der Waals surface area contributed by atoms with Crippen molar-refractivity contribution in [3.8, 4) is 11.3 Å². The van der Waals surface area contributed by atoms with Gasteiger partial charge >= 0.3 is 0 Å². The second-order valence-electron chi connectivity index (χ2n) is 8.24. The van der Waals surface area contributed by atoms with Gasteiger partial charge in [0.05, 0.1) is 29.3 Å². The smallest absolute Gasteiger partial charge is 0.231 e. The fraction of sp³-hybridized carbons (Fsp3) is 0.364. The van der Waals surface area contributed by atoms with E-state index in [9.17, 15) is 17.6 Å². The molecule has 162 valence electrons. The number of fused-ring (bicyclic) bond motifs is 1. The van der Waals surface area contributed by atoms with E-state index in [1.807, 2.05) is 46.9 Å². The van der Waals surface area contributed by atoms with Crippen LogP contribution >= 0.6 is 0 Å². The highest BCUT2D eigenvalue weighted by molar-refractivity contribution is 7.91. The van der Waals surface area contributed by atoms with Crippen molar-refractivity contribution in [1.29, 1.82) is 0 Å². The van der Waals surface area contributed by atoms with Crippen LogP contribution in [0.5, 0.6) is 0 Å². The summed E-state index contributed by atoms with van der Waals surface area (Å²) in [6.45, 7) is 1.85. The summed E-state index contributed by atoms with van der Waals surface area (Å²) in [6.07, 6.45) is 0.991. The molecule has 1 aliphatic carbocycles. The highest BCUT2D eigenvalue weighted by Gasteiger charge is 2.43. The summed E-state index contributed by atoms with van der Waals surface area (Å²) < 4.78 is 38.2. The van der Waals surface area contributed by atoms with Crippen molar-refractivity contribution in [3.05, 3.63) is 54.2 Å². The number of alkyl halides is 1. The lowest BCUT2D eigenvalue weighted by Crippen LogP contribution is -2.39. The van der Waals surface area contributed by atoms with Crippen molar-refractivity contribution in [2.24, 2.45) is 5.92 Å². The standard InChI is InChI=1S/C22H23FN4O3S/c23-18-12-17(18)22(28)25-20-14-27-19(2-1-3-21(27)24-20)16-6-4-15(5-7-16)13-26-8-10-31(29,30)11-9-26/h1-7,14,17-18H,8-13H2,(H,25,28)/t17?,18-/m0/s1. The van der Waals surface area contributed by atoms with Gasteiger partial charge in [0.1, 0.15) is 11.8 Å². The zero-order valence-electron chi connectivity index (χ0n) is 16.9. The minimum absolute atomic E-state index is 0.222. The van der Waals surface area contributed by atoms with Crippen LogP contribution in [0.4, 0.5) is 10.2 Å². The van der Waals surface area contributed by atoms with Gasteiger partial charge in [-0.15, -0.1) is 0 Å². The molecule has 1 N–H and O–H groups in total. The predicted octanol–water partition coefficient (Wildman–Crippen LogP) is 2.53. The fourth-order valence-corrected chi connectivity index (χ4v) is 5.18. The number of nitrogens with zero attached hydrogens (tertiary/aromatic N) is 3. The normalized spacial score (nSPS) is 23.0. The maximum atomic E-state index is 13.1. The Bertz CT molecular complexity index is 1230. The highest BCUT2D eigenvalue weighted by Crippen LogP contribution is 2.34. The van der Waals surface area contributed by atoms with E-state index >= 15 is 0 Å². The molecule has 2 atom stereocenters. The number of carbonyl (C=O) groups excluding carboxylic acids is 1. The average molecular weight is 443 g/mol. The van der Waals surface area contributed by atoms with E-state index in [0.29, 0.717) is 24.6 Å². The van der Waals surface area contributed by atoms with Crippen LogP contribution in [0.15, 0.2) is 48.7 Å². The lowest BCUT2D eigenvalue weighted by molar-refractivity contribution is -0.117. The van der Waals surface area contributed by atoms with Gasteiger partial charge in [-0.1, -0.05) is 30.3 Å². The van der Waals surface area contributed by atoms with Crippen LogP contribution in [0.25, 0.3) is 16.9 Å². The van der Waals surface area contributed by atoms with Gasteiger partial charge in [-0.05, 0) is 29.7 Å². The Balaban J connectivity index is 1.32. The van der Waals surface area contributed by atoms with E-state index in [-0.39, 0.29) is 23.8 Å². The number of aromatic nitrogens is 2. The summed E-state index contributed by atoms with van der Waals surface area (Å²) in [5, 5.41) is 2.70. The quantitative estimate of drug-likeness (QED) is 0.657. The van der Waals surface area contributed by atoms with E-state index in [0.717, 1.165) is 23.4 Å². The zero-order valence-corrected chi connectivity index (χ0v) is 17.7. The number of carbonyl (C=O) groups is 1. The van der Waals surface area contributed by atoms with Gasteiger partial charge < -0.3 is 5.32 Å². The van der Waals surface area contributed by atoms with Gasteiger partial charge in [0.25, 0.3) is 0 Å². The van der Waals surface area contributed by atoms with E-state index < -0.39 is 21.9 Å². The number of nitrogens with one attached hydrogen (secondary N) is 1. The van der Waals surface area contributed by atoms with Gasteiger partial charge in [0.15, 0.2) is 15.7 Å². The average Bonchev–Trinajstić information content (AvgIpc) is 3.34. The molecule has 2 fully saturated rings. The van der Waals surface area contributed by atoms with E-state index in [4.69, 9.17) is 0 Å². The van der Waals surface area contributed by atoms with Crippen molar-refractivity contribution in [1.82, 2.24) is 14.3 Å². The molecule has 9 heteroatoms. The molecule has 0 radical (unpaired) electrons. The van der Waals surface area contributed by atoms with Gasteiger partial charge in [0.2, 0.25) is 5.91 Å². The molecule has 1 saturated carbocycles. The number of benzene rings is 1. The molecule has 0 spiro atoms. The summed E-state index contributed by atoms with van der Waals surface area (Å²) in [7, 11) is -2.88. The Morgan fingerprint density at radius 3 is 2.52 bits per heavy atom. The Labute approximate surface area is 179 Å². The second-order valence-corrected chi connectivity index (χ2v) is 10.5. The third-order valence-electron chi connectivity index (χ3n) is 5.89. The molecule has 1 unspecified atom stereocenters. The molecule has 3 aromatic rings. The number of halogens is 1. The molecule has 3 heterocycles. The van der Waals surface area contributed by atoms with Crippen molar-refractivity contribution >= 4 is 27.2 Å². The van der Waals surface area contributed by atoms with Gasteiger partial charge in [-0.25, -0.2) is 17.8 Å².